The van der Waals surface area contributed by atoms with Crippen molar-refractivity contribution in [2.45, 2.75) is 0 Å². The summed E-state index contributed by atoms with van der Waals surface area (Å²) in [5, 5.41) is 0. The molecule has 2 heteroatoms. The first-order chi connectivity index (χ1) is 3.77. The Bertz CT molecular complexity index is 124. The first-order valence-electron chi connectivity index (χ1n) is 2.05. The van der Waals surface area contributed by atoms with Gasteiger partial charge in [-0.15, -0.1) is 0 Å². The molecule has 0 N–H and O–H groups in total. The summed E-state index contributed by atoms with van der Waals surface area (Å²) in [7, 11) is 0. The molecule has 0 saturated carbocycles. The van der Waals surface area contributed by atoms with Crippen LogP contribution in [0.25, 0.3) is 0 Å². The van der Waals surface area contributed by atoms with Gasteiger partial charge in [-0.25, -0.2) is 4.39 Å². The largest absolute Gasteiger partial charge is 0.208 e. The van der Waals surface area contributed by atoms with E-state index in [9.17, 15) is 4.39 Å². The van der Waals surface area contributed by atoms with Crippen LogP contribution in [0.3, 0.4) is 0 Å². The lowest BCUT2D eigenvalue weighted by atomic mass is 10.5. The Balaban J connectivity index is 3.50. The van der Waals surface area contributed by atoms with E-state index >= 15 is 0 Å². The standard InChI is InChI=1S/C6H6BrF/c1-6(8)4-2-3-5-7/h2-5H,1H2/b4-2-,5-3+. The molecule has 0 aliphatic rings. The van der Waals surface area contributed by atoms with Gasteiger partial charge in [0.1, 0.15) is 5.83 Å². The average molecular weight is 177 g/mol. The molecule has 44 valence electrons. The molecule has 0 spiro atoms. The highest BCUT2D eigenvalue weighted by Crippen LogP contribution is 1.93. The maximum Gasteiger partial charge on any atom is 0.116 e. The summed E-state index contributed by atoms with van der Waals surface area (Å²) in [6, 6.07) is 0. The molecule has 0 bridgehead atoms. The summed E-state index contributed by atoms with van der Waals surface area (Å²) in [5.74, 6) is -0.435. The molecule has 0 radical (unpaired) electrons. The fourth-order valence-electron chi connectivity index (χ4n) is 0.202. The molecule has 0 heterocycles. The van der Waals surface area contributed by atoms with Gasteiger partial charge >= 0.3 is 0 Å². The SMILES string of the molecule is C=C(F)/C=C\C=C\Br. The zero-order valence-corrected chi connectivity index (χ0v) is 5.86. The van der Waals surface area contributed by atoms with Crippen molar-refractivity contribution < 1.29 is 4.39 Å². The van der Waals surface area contributed by atoms with Crippen LogP contribution in [0.4, 0.5) is 4.39 Å². The van der Waals surface area contributed by atoms with Gasteiger partial charge in [-0.05, 0) is 11.1 Å². The van der Waals surface area contributed by atoms with Gasteiger partial charge in [0, 0.05) is 0 Å². The lowest BCUT2D eigenvalue weighted by Gasteiger charge is -1.73. The predicted molar refractivity (Wildman–Crippen MR) is 37.5 cm³/mol. The molecular formula is C6H6BrF. The lowest BCUT2D eigenvalue weighted by molar-refractivity contribution is 0.671. The van der Waals surface area contributed by atoms with Crippen molar-refractivity contribution in [3.05, 3.63) is 35.6 Å². The zero-order chi connectivity index (χ0) is 6.41. The Morgan fingerprint density at radius 3 is 2.50 bits per heavy atom. The van der Waals surface area contributed by atoms with Gasteiger partial charge < -0.3 is 0 Å². The molecule has 0 nitrogen and oxygen atoms in total. The molecule has 0 aromatic heterocycles. The second-order valence-electron chi connectivity index (χ2n) is 1.12. The van der Waals surface area contributed by atoms with Crippen LogP contribution in [-0.2, 0) is 0 Å². The number of hydrogen-bond donors (Lipinski definition) is 0. The van der Waals surface area contributed by atoms with E-state index in [1.165, 1.54) is 6.08 Å². The van der Waals surface area contributed by atoms with E-state index in [1.807, 2.05) is 0 Å². The molecule has 8 heavy (non-hydrogen) atoms. The van der Waals surface area contributed by atoms with Crippen LogP contribution in [0.1, 0.15) is 0 Å². The Labute approximate surface area is 56.5 Å². The highest BCUT2D eigenvalue weighted by atomic mass is 79.9. The summed E-state index contributed by atoms with van der Waals surface area (Å²) in [5.41, 5.74) is 0. The Morgan fingerprint density at radius 1 is 1.50 bits per heavy atom. The van der Waals surface area contributed by atoms with Crippen molar-refractivity contribution in [1.82, 2.24) is 0 Å². The van der Waals surface area contributed by atoms with E-state index in [0.717, 1.165) is 0 Å². The summed E-state index contributed by atoms with van der Waals surface area (Å²) < 4.78 is 11.7. The second-order valence-corrected chi connectivity index (χ2v) is 1.65. The first-order valence-corrected chi connectivity index (χ1v) is 2.97. The van der Waals surface area contributed by atoms with E-state index in [0.29, 0.717) is 0 Å². The fourth-order valence-corrected chi connectivity index (χ4v) is 0.378. The van der Waals surface area contributed by atoms with Crippen LogP contribution in [0.2, 0.25) is 0 Å². The van der Waals surface area contributed by atoms with Crippen molar-refractivity contribution in [1.29, 1.82) is 0 Å². The van der Waals surface area contributed by atoms with E-state index < -0.39 is 5.83 Å². The fraction of sp³-hybridized carbons (Fsp3) is 0. The highest BCUT2D eigenvalue weighted by molar-refractivity contribution is 9.11. The third kappa shape index (κ3) is 5.63. The molecule has 0 rings (SSSR count). The lowest BCUT2D eigenvalue weighted by Crippen LogP contribution is -1.53. The summed E-state index contributed by atoms with van der Waals surface area (Å²) >= 11 is 3.02. The van der Waals surface area contributed by atoms with Gasteiger partial charge in [-0.2, -0.15) is 0 Å². The number of halogens is 2. The van der Waals surface area contributed by atoms with Crippen LogP contribution >= 0.6 is 15.9 Å². The minimum absolute atomic E-state index is 0.435. The molecular weight excluding hydrogens is 171 g/mol. The Kier molecular flexibility index (Phi) is 4.56. The van der Waals surface area contributed by atoms with Crippen LogP contribution in [-0.4, -0.2) is 0 Å². The molecule has 0 aromatic carbocycles. The van der Waals surface area contributed by atoms with Gasteiger partial charge in [0.05, 0.1) is 0 Å². The monoisotopic (exact) mass is 176 g/mol. The summed E-state index contributed by atoms with van der Waals surface area (Å²) in [4.78, 5) is 1.63. The minimum Gasteiger partial charge on any atom is -0.208 e. The second kappa shape index (κ2) is 4.78. The molecule has 0 atom stereocenters. The molecule has 0 amide bonds. The van der Waals surface area contributed by atoms with Crippen molar-refractivity contribution in [2.75, 3.05) is 0 Å². The highest BCUT2D eigenvalue weighted by Gasteiger charge is 1.72. The topological polar surface area (TPSA) is 0 Å². The van der Waals surface area contributed by atoms with Gasteiger partial charge in [0.2, 0.25) is 0 Å². The van der Waals surface area contributed by atoms with Gasteiger partial charge in [0.25, 0.3) is 0 Å². The van der Waals surface area contributed by atoms with Crippen LogP contribution < -0.4 is 0 Å². The van der Waals surface area contributed by atoms with E-state index in [4.69, 9.17) is 0 Å². The number of rotatable bonds is 2. The van der Waals surface area contributed by atoms with Crippen LogP contribution in [0.5, 0.6) is 0 Å². The van der Waals surface area contributed by atoms with Gasteiger partial charge in [0.15, 0.2) is 0 Å². The Morgan fingerprint density at radius 2 is 2.12 bits per heavy atom. The number of allylic oxidation sites excluding steroid dienone is 4. The van der Waals surface area contributed by atoms with Crippen molar-refractivity contribution in [3.8, 4) is 0 Å². The van der Waals surface area contributed by atoms with Crippen molar-refractivity contribution in [2.24, 2.45) is 0 Å². The predicted octanol–water partition coefficient (Wildman–Crippen LogP) is 2.93. The van der Waals surface area contributed by atoms with E-state index in [-0.39, 0.29) is 0 Å². The first kappa shape index (κ1) is 7.63. The third-order valence-corrected chi connectivity index (χ3v) is 0.766. The molecule has 0 saturated heterocycles. The molecule has 0 aliphatic heterocycles. The quantitative estimate of drug-likeness (QED) is 0.568. The molecule has 0 unspecified atom stereocenters. The van der Waals surface area contributed by atoms with Crippen molar-refractivity contribution in [3.63, 3.8) is 0 Å². The minimum atomic E-state index is -0.435. The van der Waals surface area contributed by atoms with E-state index in [2.05, 4.69) is 22.5 Å². The average Bonchev–Trinajstić information content (AvgIpc) is 1.66. The maximum atomic E-state index is 11.7. The third-order valence-electron chi connectivity index (χ3n) is 0.461. The van der Waals surface area contributed by atoms with Crippen molar-refractivity contribution >= 4 is 15.9 Å². The van der Waals surface area contributed by atoms with Crippen LogP contribution in [0.15, 0.2) is 35.6 Å². The van der Waals surface area contributed by atoms with Crippen LogP contribution in [0, 0.1) is 0 Å². The van der Waals surface area contributed by atoms with Gasteiger partial charge in [-0.1, -0.05) is 34.7 Å². The normalized spacial score (nSPS) is 11.2. The zero-order valence-electron chi connectivity index (χ0n) is 4.27. The van der Waals surface area contributed by atoms with Gasteiger partial charge in [-0.3, -0.25) is 0 Å². The van der Waals surface area contributed by atoms with E-state index in [1.54, 1.807) is 17.1 Å². The molecule has 0 aliphatic carbocycles. The smallest absolute Gasteiger partial charge is 0.116 e. The maximum absolute atomic E-state index is 11.7. The Hall–Kier alpha value is -0.370. The number of hydrogen-bond acceptors (Lipinski definition) is 0. The molecule has 0 fully saturated rings. The summed E-state index contributed by atoms with van der Waals surface area (Å²) in [6.07, 6.45) is 4.49. The summed E-state index contributed by atoms with van der Waals surface area (Å²) in [6.45, 7) is 3.02. The molecule has 0 aromatic rings.